The molecule has 7 heteroatoms. The Kier molecular flexibility index (Phi) is 10.6. The number of carbonyl (C=O) groups excluding carboxylic acids is 3. The minimum atomic E-state index is -0.662. The largest absolute Gasteiger partial charge is 0.444 e. The highest BCUT2D eigenvalue weighted by atomic mass is 16.6. The van der Waals surface area contributed by atoms with Crippen molar-refractivity contribution in [3.8, 4) is 0 Å². The first kappa shape index (κ1) is 22.9. The highest BCUT2D eigenvalue weighted by Gasteiger charge is 2.20. The van der Waals surface area contributed by atoms with Crippen molar-refractivity contribution < 1.29 is 19.1 Å². The van der Waals surface area contributed by atoms with Gasteiger partial charge >= 0.3 is 6.09 Å². The molecule has 0 bridgehead atoms. The first-order valence-corrected chi connectivity index (χ1v) is 8.73. The van der Waals surface area contributed by atoms with E-state index in [0.29, 0.717) is 19.5 Å². The molecule has 0 heterocycles. The van der Waals surface area contributed by atoms with Gasteiger partial charge in [0, 0.05) is 19.0 Å². The van der Waals surface area contributed by atoms with Gasteiger partial charge in [0.15, 0.2) is 0 Å². The van der Waals surface area contributed by atoms with Gasteiger partial charge in [-0.05, 0) is 40.5 Å². The van der Waals surface area contributed by atoms with E-state index in [9.17, 15) is 14.4 Å². The molecule has 0 aromatic heterocycles. The monoisotopic (exact) mass is 355 g/mol. The summed E-state index contributed by atoms with van der Waals surface area (Å²) in [6.07, 6.45) is 4.74. The van der Waals surface area contributed by atoms with Crippen LogP contribution >= 0.6 is 0 Å². The molecule has 3 N–H and O–H groups in total. The Morgan fingerprint density at radius 2 is 1.40 bits per heavy atom. The highest BCUT2D eigenvalue weighted by Crippen LogP contribution is 2.06. The van der Waals surface area contributed by atoms with E-state index in [4.69, 9.17) is 4.74 Å². The smallest absolute Gasteiger partial charge is 0.408 e. The standard InChI is InChI=1S/C18H33N3O4/c1-13(2)15(22)19-11-9-7-8-10-12-20-16(23)14(3)21-17(24)25-18(4,5)6/h7-8,13-14H,9-12H2,1-6H3,(H,19,22)(H,20,23)(H,21,24)/b8-7-/t14-/m0/s1. The van der Waals surface area contributed by atoms with Gasteiger partial charge in [0.1, 0.15) is 11.6 Å². The van der Waals surface area contributed by atoms with Crippen molar-refractivity contribution in [3.63, 3.8) is 0 Å². The molecule has 144 valence electrons. The molecule has 0 rings (SSSR count). The summed E-state index contributed by atoms with van der Waals surface area (Å²) in [4.78, 5) is 34.8. The molecule has 0 radical (unpaired) electrons. The molecule has 0 aromatic carbocycles. The van der Waals surface area contributed by atoms with Crippen LogP contribution in [0.15, 0.2) is 12.2 Å². The van der Waals surface area contributed by atoms with Crippen LogP contribution in [0.25, 0.3) is 0 Å². The zero-order valence-corrected chi connectivity index (χ0v) is 16.3. The Morgan fingerprint density at radius 3 is 1.84 bits per heavy atom. The van der Waals surface area contributed by atoms with E-state index in [1.807, 2.05) is 26.0 Å². The fourth-order valence-electron chi connectivity index (χ4n) is 1.70. The minimum Gasteiger partial charge on any atom is -0.444 e. The summed E-state index contributed by atoms with van der Waals surface area (Å²) in [7, 11) is 0. The zero-order valence-electron chi connectivity index (χ0n) is 16.3. The molecule has 25 heavy (non-hydrogen) atoms. The lowest BCUT2D eigenvalue weighted by atomic mass is 10.2. The maximum Gasteiger partial charge on any atom is 0.408 e. The average molecular weight is 355 g/mol. The van der Waals surface area contributed by atoms with Gasteiger partial charge in [-0.25, -0.2) is 4.79 Å². The minimum absolute atomic E-state index is 0.00419. The van der Waals surface area contributed by atoms with Crippen LogP contribution in [-0.2, 0) is 14.3 Å². The molecule has 3 amide bonds. The summed E-state index contributed by atoms with van der Waals surface area (Å²) in [6.45, 7) is 11.7. The molecule has 0 spiro atoms. The number of nitrogens with one attached hydrogen (secondary N) is 3. The Hall–Kier alpha value is -2.05. The summed E-state index contributed by atoms with van der Waals surface area (Å²) >= 11 is 0. The van der Waals surface area contributed by atoms with Crippen LogP contribution in [-0.4, -0.2) is 42.6 Å². The lowest BCUT2D eigenvalue weighted by Crippen LogP contribution is -2.46. The number of amides is 3. The third-order valence-corrected chi connectivity index (χ3v) is 3.04. The van der Waals surface area contributed by atoms with E-state index in [-0.39, 0.29) is 17.7 Å². The number of hydrogen-bond donors (Lipinski definition) is 3. The van der Waals surface area contributed by atoms with Gasteiger partial charge in [0.25, 0.3) is 0 Å². The van der Waals surface area contributed by atoms with E-state index in [2.05, 4.69) is 16.0 Å². The van der Waals surface area contributed by atoms with E-state index in [1.165, 1.54) is 0 Å². The predicted octanol–water partition coefficient (Wildman–Crippen LogP) is 2.12. The van der Waals surface area contributed by atoms with Gasteiger partial charge in [-0.3, -0.25) is 9.59 Å². The molecule has 0 fully saturated rings. The van der Waals surface area contributed by atoms with Gasteiger partial charge in [-0.15, -0.1) is 0 Å². The van der Waals surface area contributed by atoms with Crippen LogP contribution in [0.4, 0.5) is 4.79 Å². The van der Waals surface area contributed by atoms with Crippen molar-refractivity contribution in [3.05, 3.63) is 12.2 Å². The number of rotatable bonds is 9. The fraction of sp³-hybridized carbons (Fsp3) is 0.722. The molecule has 0 saturated carbocycles. The van der Waals surface area contributed by atoms with Gasteiger partial charge in [0.05, 0.1) is 0 Å². The molecule has 0 aliphatic rings. The van der Waals surface area contributed by atoms with Gasteiger partial charge in [-0.2, -0.15) is 0 Å². The maximum absolute atomic E-state index is 11.9. The molecule has 7 nitrogen and oxygen atoms in total. The number of hydrogen-bond acceptors (Lipinski definition) is 4. The number of ether oxygens (including phenoxy) is 1. The van der Waals surface area contributed by atoms with Gasteiger partial charge < -0.3 is 20.7 Å². The van der Waals surface area contributed by atoms with Gasteiger partial charge in [-0.1, -0.05) is 26.0 Å². The Morgan fingerprint density at radius 1 is 0.920 bits per heavy atom. The fourth-order valence-corrected chi connectivity index (χ4v) is 1.70. The summed E-state index contributed by atoms with van der Waals surface area (Å²) < 4.78 is 5.10. The van der Waals surface area contributed by atoms with Crippen molar-refractivity contribution in [1.29, 1.82) is 0 Å². The maximum atomic E-state index is 11.9. The van der Waals surface area contributed by atoms with Crippen molar-refractivity contribution in [2.45, 2.75) is 66.0 Å². The topological polar surface area (TPSA) is 96.5 Å². The Bertz CT molecular complexity index is 467. The summed E-state index contributed by atoms with van der Waals surface area (Å²) in [5.41, 5.74) is -0.598. The number of alkyl carbamates (subject to hydrolysis) is 1. The summed E-state index contributed by atoms with van der Waals surface area (Å²) in [6, 6.07) is -0.662. The number of carbonyl (C=O) groups is 3. The predicted molar refractivity (Wildman–Crippen MR) is 98.1 cm³/mol. The van der Waals surface area contributed by atoms with E-state index >= 15 is 0 Å². The SMILES string of the molecule is CC(C)C(=O)NCC/C=C\CCNC(=O)[C@H](C)NC(=O)OC(C)(C)C. The van der Waals surface area contributed by atoms with Crippen molar-refractivity contribution in [2.24, 2.45) is 5.92 Å². The zero-order chi connectivity index (χ0) is 19.5. The lowest BCUT2D eigenvalue weighted by Gasteiger charge is -2.21. The second kappa shape index (κ2) is 11.5. The highest BCUT2D eigenvalue weighted by molar-refractivity contribution is 5.85. The van der Waals surface area contributed by atoms with Crippen LogP contribution in [0.1, 0.15) is 54.4 Å². The van der Waals surface area contributed by atoms with Crippen molar-refractivity contribution >= 4 is 17.9 Å². The first-order chi connectivity index (χ1) is 11.5. The Labute approximate surface area is 151 Å². The molecular formula is C18H33N3O4. The van der Waals surface area contributed by atoms with Crippen LogP contribution < -0.4 is 16.0 Å². The van der Waals surface area contributed by atoms with E-state index < -0.39 is 17.7 Å². The first-order valence-electron chi connectivity index (χ1n) is 8.73. The van der Waals surface area contributed by atoms with Crippen molar-refractivity contribution in [2.75, 3.05) is 13.1 Å². The van der Waals surface area contributed by atoms with E-state index in [1.54, 1.807) is 27.7 Å². The molecule has 0 aliphatic carbocycles. The van der Waals surface area contributed by atoms with Crippen molar-refractivity contribution in [1.82, 2.24) is 16.0 Å². The van der Waals surface area contributed by atoms with Crippen LogP contribution in [0, 0.1) is 5.92 Å². The molecule has 0 aromatic rings. The van der Waals surface area contributed by atoms with Crippen LogP contribution in [0.2, 0.25) is 0 Å². The molecular weight excluding hydrogens is 322 g/mol. The van der Waals surface area contributed by atoms with E-state index in [0.717, 1.165) is 6.42 Å². The molecule has 1 atom stereocenters. The summed E-state index contributed by atoms with van der Waals surface area (Å²) in [5, 5.41) is 8.07. The third kappa shape index (κ3) is 13.0. The average Bonchev–Trinajstić information content (AvgIpc) is 2.46. The third-order valence-electron chi connectivity index (χ3n) is 3.04. The second-order valence-electron chi connectivity index (χ2n) is 7.15. The van der Waals surface area contributed by atoms with Crippen LogP contribution in [0.5, 0.6) is 0 Å². The lowest BCUT2D eigenvalue weighted by molar-refractivity contribution is -0.124. The molecule has 0 aliphatic heterocycles. The quantitative estimate of drug-likeness (QED) is 0.436. The molecule has 0 saturated heterocycles. The normalized spacial score (nSPS) is 12.8. The Balaban J connectivity index is 3.83. The summed E-state index contributed by atoms with van der Waals surface area (Å²) in [5.74, 6) is -0.217. The van der Waals surface area contributed by atoms with Crippen LogP contribution in [0.3, 0.4) is 0 Å². The van der Waals surface area contributed by atoms with Gasteiger partial charge in [0.2, 0.25) is 11.8 Å². The molecule has 0 unspecified atom stereocenters. The second-order valence-corrected chi connectivity index (χ2v) is 7.15.